The minimum Gasteiger partial charge on any atom is -0.481 e. The van der Waals surface area contributed by atoms with Crippen molar-refractivity contribution in [2.75, 3.05) is 0 Å². The Kier molecular flexibility index (Phi) is 3.69. The van der Waals surface area contributed by atoms with Gasteiger partial charge in [-0.25, -0.2) is 0 Å². The molecule has 4 nitrogen and oxygen atoms in total. The van der Waals surface area contributed by atoms with E-state index in [0.29, 0.717) is 12.8 Å². The van der Waals surface area contributed by atoms with Gasteiger partial charge in [-0.2, -0.15) is 13.2 Å². The molecule has 0 bridgehead atoms. The van der Waals surface area contributed by atoms with Crippen LogP contribution >= 0.6 is 0 Å². The SMILES string of the molecule is O=C(NC1CC(C(=O)O)C1)c1ccc(C(F)(F)F)cc1. The second-order valence-electron chi connectivity index (χ2n) is 4.75. The third kappa shape index (κ3) is 3.09. The van der Waals surface area contributed by atoms with Crippen molar-refractivity contribution < 1.29 is 27.9 Å². The molecule has 0 saturated heterocycles. The minimum atomic E-state index is -4.43. The van der Waals surface area contributed by atoms with Gasteiger partial charge < -0.3 is 10.4 Å². The Hall–Kier alpha value is -2.05. The summed E-state index contributed by atoms with van der Waals surface area (Å²) < 4.78 is 37.1. The van der Waals surface area contributed by atoms with Gasteiger partial charge in [0.15, 0.2) is 0 Å². The highest BCUT2D eigenvalue weighted by Gasteiger charge is 2.35. The third-order valence-corrected chi connectivity index (χ3v) is 3.30. The number of carboxylic acid groups (broad SMARTS) is 1. The molecular weight excluding hydrogens is 275 g/mol. The zero-order valence-corrected chi connectivity index (χ0v) is 10.3. The van der Waals surface area contributed by atoms with Gasteiger partial charge in [0.2, 0.25) is 0 Å². The fourth-order valence-corrected chi connectivity index (χ4v) is 2.02. The lowest BCUT2D eigenvalue weighted by atomic mass is 9.80. The lowest BCUT2D eigenvalue weighted by Gasteiger charge is -2.32. The molecule has 0 spiro atoms. The molecule has 1 saturated carbocycles. The maximum Gasteiger partial charge on any atom is 0.416 e. The number of benzene rings is 1. The first-order chi connectivity index (χ1) is 9.27. The molecule has 1 aromatic carbocycles. The van der Waals surface area contributed by atoms with Crippen LogP contribution in [0.5, 0.6) is 0 Å². The molecule has 0 radical (unpaired) electrons. The first-order valence-corrected chi connectivity index (χ1v) is 5.98. The number of carboxylic acids is 1. The number of aliphatic carboxylic acids is 1. The second kappa shape index (κ2) is 5.15. The van der Waals surface area contributed by atoms with Crippen LogP contribution < -0.4 is 5.32 Å². The topological polar surface area (TPSA) is 66.4 Å². The van der Waals surface area contributed by atoms with Gasteiger partial charge in [-0.15, -0.1) is 0 Å². The van der Waals surface area contributed by atoms with E-state index < -0.39 is 29.5 Å². The summed E-state index contributed by atoms with van der Waals surface area (Å²) >= 11 is 0. The van der Waals surface area contributed by atoms with E-state index in [2.05, 4.69) is 5.32 Å². The molecule has 2 rings (SSSR count). The third-order valence-electron chi connectivity index (χ3n) is 3.30. The van der Waals surface area contributed by atoms with Crippen molar-refractivity contribution in [2.24, 2.45) is 5.92 Å². The Bertz CT molecular complexity index is 519. The number of carbonyl (C=O) groups is 2. The molecule has 0 aliphatic heterocycles. The highest BCUT2D eigenvalue weighted by atomic mass is 19.4. The Balaban J connectivity index is 1.92. The number of hydrogen-bond donors (Lipinski definition) is 2. The van der Waals surface area contributed by atoms with Crippen LogP contribution in [-0.4, -0.2) is 23.0 Å². The molecule has 0 aromatic heterocycles. The average Bonchev–Trinajstić information content (AvgIpc) is 2.31. The summed E-state index contributed by atoms with van der Waals surface area (Å²) in [6.07, 6.45) is -3.74. The average molecular weight is 287 g/mol. The van der Waals surface area contributed by atoms with Gasteiger partial charge in [0.1, 0.15) is 0 Å². The van der Waals surface area contributed by atoms with E-state index in [1.165, 1.54) is 0 Å². The van der Waals surface area contributed by atoms with Crippen LogP contribution in [0.1, 0.15) is 28.8 Å². The zero-order chi connectivity index (χ0) is 14.9. The predicted octanol–water partition coefficient (Wildman–Crippen LogP) is 2.30. The number of nitrogens with one attached hydrogen (secondary N) is 1. The van der Waals surface area contributed by atoms with Crippen LogP contribution in [0, 0.1) is 5.92 Å². The summed E-state index contributed by atoms with van der Waals surface area (Å²) in [5, 5.41) is 11.3. The van der Waals surface area contributed by atoms with E-state index in [4.69, 9.17) is 5.11 Å². The summed E-state index contributed by atoms with van der Waals surface area (Å²) in [6.45, 7) is 0. The van der Waals surface area contributed by atoms with E-state index in [-0.39, 0.29) is 11.6 Å². The molecule has 1 aliphatic carbocycles. The predicted molar refractivity (Wildman–Crippen MR) is 63.1 cm³/mol. The van der Waals surface area contributed by atoms with Gasteiger partial charge in [0.25, 0.3) is 5.91 Å². The lowest BCUT2D eigenvalue weighted by molar-refractivity contribution is -0.145. The fourth-order valence-electron chi connectivity index (χ4n) is 2.02. The molecule has 108 valence electrons. The number of alkyl halides is 3. The quantitative estimate of drug-likeness (QED) is 0.896. The molecule has 1 fully saturated rings. The summed E-state index contributed by atoms with van der Waals surface area (Å²) in [6, 6.07) is 3.66. The minimum absolute atomic E-state index is 0.122. The standard InChI is InChI=1S/C13H12F3NO3/c14-13(15,16)9-3-1-7(2-4-9)11(18)17-10-5-8(6-10)12(19)20/h1-4,8,10H,5-6H2,(H,17,18)(H,19,20). The molecule has 0 atom stereocenters. The monoisotopic (exact) mass is 287 g/mol. The number of rotatable bonds is 3. The molecular formula is C13H12F3NO3. The largest absolute Gasteiger partial charge is 0.481 e. The first-order valence-electron chi connectivity index (χ1n) is 5.98. The Morgan fingerprint density at radius 1 is 1.15 bits per heavy atom. The highest BCUT2D eigenvalue weighted by Crippen LogP contribution is 2.30. The highest BCUT2D eigenvalue weighted by molar-refractivity contribution is 5.94. The van der Waals surface area contributed by atoms with Crippen molar-refractivity contribution >= 4 is 11.9 Å². The first kappa shape index (κ1) is 14.4. The summed E-state index contributed by atoms with van der Waals surface area (Å²) in [5.41, 5.74) is -0.694. The number of hydrogen-bond acceptors (Lipinski definition) is 2. The number of halogens is 3. The van der Waals surface area contributed by atoms with E-state index in [1.807, 2.05) is 0 Å². The molecule has 7 heteroatoms. The molecule has 0 unspecified atom stereocenters. The molecule has 1 aromatic rings. The van der Waals surface area contributed by atoms with E-state index >= 15 is 0 Å². The van der Waals surface area contributed by atoms with Crippen LogP contribution in [0.3, 0.4) is 0 Å². The maximum atomic E-state index is 12.4. The van der Waals surface area contributed by atoms with Gasteiger partial charge in [-0.05, 0) is 37.1 Å². The van der Waals surface area contributed by atoms with Gasteiger partial charge in [-0.3, -0.25) is 9.59 Å². The van der Waals surface area contributed by atoms with Crippen molar-refractivity contribution in [3.63, 3.8) is 0 Å². The fraction of sp³-hybridized carbons (Fsp3) is 0.385. The Labute approximate surface area is 112 Å². The summed E-state index contributed by atoms with van der Waals surface area (Å²) in [5.74, 6) is -1.84. The van der Waals surface area contributed by atoms with E-state index in [0.717, 1.165) is 24.3 Å². The number of carbonyl (C=O) groups excluding carboxylic acids is 1. The summed E-state index contributed by atoms with van der Waals surface area (Å²) in [4.78, 5) is 22.3. The van der Waals surface area contributed by atoms with E-state index in [1.54, 1.807) is 0 Å². The second-order valence-corrected chi connectivity index (χ2v) is 4.75. The smallest absolute Gasteiger partial charge is 0.416 e. The van der Waals surface area contributed by atoms with Crippen LogP contribution in [0.2, 0.25) is 0 Å². The Morgan fingerprint density at radius 2 is 1.70 bits per heavy atom. The maximum absolute atomic E-state index is 12.4. The molecule has 0 heterocycles. The van der Waals surface area contributed by atoms with Gasteiger partial charge in [-0.1, -0.05) is 0 Å². The van der Waals surface area contributed by atoms with Crippen molar-refractivity contribution in [3.05, 3.63) is 35.4 Å². The van der Waals surface area contributed by atoms with Crippen molar-refractivity contribution in [3.8, 4) is 0 Å². The number of amides is 1. The normalized spacial score (nSPS) is 21.9. The molecule has 1 aliphatic rings. The van der Waals surface area contributed by atoms with Crippen LogP contribution in [0.25, 0.3) is 0 Å². The zero-order valence-electron chi connectivity index (χ0n) is 10.3. The molecule has 20 heavy (non-hydrogen) atoms. The Morgan fingerprint density at radius 3 is 2.15 bits per heavy atom. The van der Waals surface area contributed by atoms with Crippen LogP contribution in [0.15, 0.2) is 24.3 Å². The van der Waals surface area contributed by atoms with Crippen LogP contribution in [-0.2, 0) is 11.0 Å². The van der Waals surface area contributed by atoms with Gasteiger partial charge >= 0.3 is 12.1 Å². The lowest BCUT2D eigenvalue weighted by Crippen LogP contribution is -2.46. The van der Waals surface area contributed by atoms with Crippen molar-refractivity contribution in [1.82, 2.24) is 5.32 Å². The summed E-state index contributed by atoms with van der Waals surface area (Å²) in [7, 11) is 0. The van der Waals surface area contributed by atoms with Gasteiger partial charge in [0.05, 0.1) is 11.5 Å². The molecule has 1 amide bonds. The van der Waals surface area contributed by atoms with Gasteiger partial charge in [0, 0.05) is 11.6 Å². The van der Waals surface area contributed by atoms with Crippen molar-refractivity contribution in [1.29, 1.82) is 0 Å². The van der Waals surface area contributed by atoms with Crippen LogP contribution in [0.4, 0.5) is 13.2 Å². The van der Waals surface area contributed by atoms with E-state index in [9.17, 15) is 22.8 Å². The van der Waals surface area contributed by atoms with Crippen molar-refractivity contribution in [2.45, 2.75) is 25.1 Å². The molecule has 2 N–H and O–H groups in total.